The summed E-state index contributed by atoms with van der Waals surface area (Å²) in [4.78, 5) is 8.76. The van der Waals surface area contributed by atoms with Crippen molar-refractivity contribution in [1.29, 1.82) is 0 Å². The normalized spacial score (nSPS) is 16.5. The van der Waals surface area contributed by atoms with Gasteiger partial charge in [-0.15, -0.1) is 0 Å². The fourth-order valence-corrected chi connectivity index (χ4v) is 2.00. The first kappa shape index (κ1) is 13.7. The van der Waals surface area contributed by atoms with E-state index in [9.17, 15) is 0 Å². The number of hydrogen-bond donors (Lipinski definition) is 1. The number of benzene rings is 1. The molecule has 104 valence electrons. The molecule has 1 aliphatic heterocycles. The number of anilines is 1. The van der Waals surface area contributed by atoms with Gasteiger partial charge >= 0.3 is 0 Å². The molecule has 0 radical (unpaired) electrons. The average molecular weight is 262 g/mol. The third-order valence-electron chi connectivity index (χ3n) is 3.33. The van der Waals surface area contributed by atoms with Crippen molar-refractivity contribution < 1.29 is 4.74 Å². The number of guanidine groups is 1. The largest absolute Gasteiger partial charge is 0.378 e. The van der Waals surface area contributed by atoms with Crippen LogP contribution >= 0.6 is 0 Å². The van der Waals surface area contributed by atoms with Crippen LogP contribution in [0.15, 0.2) is 29.3 Å². The molecule has 0 aliphatic carbocycles. The van der Waals surface area contributed by atoms with Gasteiger partial charge in [0.15, 0.2) is 5.96 Å². The highest BCUT2D eigenvalue weighted by Gasteiger charge is 2.14. The molecular weight excluding hydrogens is 240 g/mol. The van der Waals surface area contributed by atoms with Crippen LogP contribution in [0.1, 0.15) is 6.92 Å². The number of ether oxygens (including phenoxy) is 1. The molecule has 0 spiro atoms. The van der Waals surface area contributed by atoms with Crippen molar-refractivity contribution in [2.75, 3.05) is 44.8 Å². The van der Waals surface area contributed by atoms with Crippen molar-refractivity contribution >= 4 is 17.3 Å². The van der Waals surface area contributed by atoms with Crippen molar-refractivity contribution in [3.05, 3.63) is 24.3 Å². The van der Waals surface area contributed by atoms with Crippen LogP contribution in [-0.2, 0) is 4.74 Å². The van der Waals surface area contributed by atoms with E-state index in [-0.39, 0.29) is 0 Å². The van der Waals surface area contributed by atoms with Gasteiger partial charge in [-0.2, -0.15) is 0 Å². The topological polar surface area (TPSA) is 54.1 Å². The molecule has 0 amide bonds. The van der Waals surface area contributed by atoms with Gasteiger partial charge in [0, 0.05) is 26.7 Å². The molecule has 2 N–H and O–H groups in total. The van der Waals surface area contributed by atoms with E-state index in [0.717, 1.165) is 44.2 Å². The first-order chi connectivity index (χ1) is 9.22. The molecule has 1 heterocycles. The van der Waals surface area contributed by atoms with Crippen molar-refractivity contribution in [3.63, 3.8) is 0 Å². The van der Waals surface area contributed by atoms with Gasteiger partial charge in [0.1, 0.15) is 0 Å². The Balaban J connectivity index is 2.25. The molecule has 1 fully saturated rings. The maximum absolute atomic E-state index is 5.99. The van der Waals surface area contributed by atoms with Crippen LogP contribution in [0.5, 0.6) is 0 Å². The summed E-state index contributed by atoms with van der Waals surface area (Å²) in [6.07, 6.45) is 0. The maximum Gasteiger partial charge on any atom is 0.196 e. The molecule has 1 aromatic rings. The Hall–Kier alpha value is -1.75. The third-order valence-corrected chi connectivity index (χ3v) is 3.33. The van der Waals surface area contributed by atoms with Gasteiger partial charge in [0.2, 0.25) is 0 Å². The zero-order valence-electron chi connectivity index (χ0n) is 11.7. The summed E-state index contributed by atoms with van der Waals surface area (Å²) in [5, 5.41) is 0. The van der Waals surface area contributed by atoms with Crippen molar-refractivity contribution in [2.24, 2.45) is 10.7 Å². The molecule has 1 aliphatic rings. The van der Waals surface area contributed by atoms with Crippen LogP contribution in [0.3, 0.4) is 0 Å². The van der Waals surface area contributed by atoms with Crippen LogP contribution in [0.25, 0.3) is 0 Å². The highest BCUT2D eigenvalue weighted by atomic mass is 16.5. The predicted octanol–water partition coefficient (Wildman–Crippen LogP) is 1.42. The molecule has 5 nitrogen and oxygen atoms in total. The summed E-state index contributed by atoms with van der Waals surface area (Å²) in [7, 11) is 1.94. The molecule has 0 saturated carbocycles. The Morgan fingerprint density at radius 3 is 2.74 bits per heavy atom. The van der Waals surface area contributed by atoms with E-state index >= 15 is 0 Å². The maximum atomic E-state index is 5.99. The lowest BCUT2D eigenvalue weighted by atomic mass is 10.2. The summed E-state index contributed by atoms with van der Waals surface area (Å²) in [5.41, 5.74) is 8.03. The molecule has 1 aromatic carbocycles. The summed E-state index contributed by atoms with van der Waals surface area (Å²) in [6, 6.07) is 8.11. The monoisotopic (exact) mass is 262 g/mol. The minimum atomic E-state index is 0.545. The number of nitrogens with two attached hydrogens (primary N) is 1. The Labute approximate surface area is 114 Å². The molecule has 0 aromatic heterocycles. The van der Waals surface area contributed by atoms with Gasteiger partial charge in [-0.1, -0.05) is 12.1 Å². The van der Waals surface area contributed by atoms with E-state index < -0.39 is 0 Å². The summed E-state index contributed by atoms with van der Waals surface area (Å²) < 4.78 is 5.39. The summed E-state index contributed by atoms with van der Waals surface area (Å²) in [5.74, 6) is 0.545. The van der Waals surface area contributed by atoms with Gasteiger partial charge in [-0.3, -0.25) is 0 Å². The lowest BCUT2D eigenvalue weighted by Crippen LogP contribution is -2.36. The second-order valence-corrected chi connectivity index (χ2v) is 4.57. The molecule has 19 heavy (non-hydrogen) atoms. The minimum Gasteiger partial charge on any atom is -0.378 e. The SMILES string of the molecule is CCN(C)/C(N)=N/c1ccccc1N1CCOCC1. The number of hydrogen-bond acceptors (Lipinski definition) is 3. The Bertz CT molecular complexity index is 441. The Kier molecular flexibility index (Phi) is 4.63. The van der Waals surface area contributed by atoms with Crippen LogP contribution < -0.4 is 10.6 Å². The Morgan fingerprint density at radius 2 is 2.05 bits per heavy atom. The second-order valence-electron chi connectivity index (χ2n) is 4.57. The lowest BCUT2D eigenvalue weighted by Gasteiger charge is -2.29. The van der Waals surface area contributed by atoms with Gasteiger partial charge in [0.25, 0.3) is 0 Å². The van der Waals surface area contributed by atoms with E-state index in [4.69, 9.17) is 10.5 Å². The Morgan fingerprint density at radius 1 is 1.37 bits per heavy atom. The minimum absolute atomic E-state index is 0.545. The number of nitrogens with zero attached hydrogens (tertiary/aromatic N) is 3. The standard InChI is InChI=1S/C14H22N4O/c1-3-17(2)14(15)16-12-6-4-5-7-13(12)18-8-10-19-11-9-18/h4-7H,3,8-11H2,1-2H3,(H2,15,16). The van der Waals surface area contributed by atoms with Gasteiger partial charge in [-0.05, 0) is 19.1 Å². The molecule has 0 bridgehead atoms. The van der Waals surface area contributed by atoms with E-state index in [1.807, 2.05) is 30.1 Å². The highest BCUT2D eigenvalue weighted by Crippen LogP contribution is 2.28. The molecular formula is C14H22N4O. The van der Waals surface area contributed by atoms with E-state index in [2.05, 4.69) is 22.9 Å². The second kappa shape index (κ2) is 6.43. The molecule has 5 heteroatoms. The van der Waals surface area contributed by atoms with E-state index in [0.29, 0.717) is 5.96 Å². The highest BCUT2D eigenvalue weighted by molar-refractivity contribution is 5.83. The molecule has 0 unspecified atom stereocenters. The van der Waals surface area contributed by atoms with Crippen LogP contribution in [0, 0.1) is 0 Å². The summed E-state index contributed by atoms with van der Waals surface area (Å²) >= 11 is 0. The van der Waals surface area contributed by atoms with Gasteiger partial charge in [0.05, 0.1) is 24.6 Å². The molecule has 2 rings (SSSR count). The zero-order chi connectivity index (χ0) is 13.7. The lowest BCUT2D eigenvalue weighted by molar-refractivity contribution is 0.123. The molecule has 0 atom stereocenters. The number of rotatable bonds is 3. The summed E-state index contributed by atoms with van der Waals surface area (Å²) in [6.45, 7) is 6.22. The predicted molar refractivity (Wildman–Crippen MR) is 79.1 cm³/mol. The quantitative estimate of drug-likeness (QED) is 0.661. The van der Waals surface area contributed by atoms with Gasteiger partial charge < -0.3 is 20.3 Å². The van der Waals surface area contributed by atoms with Crippen LogP contribution in [0.4, 0.5) is 11.4 Å². The first-order valence-corrected chi connectivity index (χ1v) is 6.69. The number of para-hydroxylation sites is 2. The van der Waals surface area contributed by atoms with Crippen molar-refractivity contribution in [1.82, 2.24) is 4.90 Å². The van der Waals surface area contributed by atoms with Crippen LogP contribution in [-0.4, -0.2) is 50.8 Å². The zero-order valence-corrected chi connectivity index (χ0v) is 11.7. The number of aliphatic imine (C=N–C) groups is 1. The number of morpholine rings is 1. The van der Waals surface area contributed by atoms with Crippen LogP contribution in [0.2, 0.25) is 0 Å². The van der Waals surface area contributed by atoms with E-state index in [1.54, 1.807) is 0 Å². The van der Waals surface area contributed by atoms with E-state index in [1.165, 1.54) is 0 Å². The first-order valence-electron chi connectivity index (χ1n) is 6.69. The van der Waals surface area contributed by atoms with Gasteiger partial charge in [-0.25, -0.2) is 4.99 Å². The molecule has 1 saturated heterocycles. The fraction of sp³-hybridized carbons (Fsp3) is 0.500. The fourth-order valence-electron chi connectivity index (χ4n) is 2.00. The van der Waals surface area contributed by atoms with Crippen molar-refractivity contribution in [3.8, 4) is 0 Å². The average Bonchev–Trinajstić information content (AvgIpc) is 2.47. The smallest absolute Gasteiger partial charge is 0.196 e. The third kappa shape index (κ3) is 3.38. The van der Waals surface area contributed by atoms with Crippen molar-refractivity contribution in [2.45, 2.75) is 6.92 Å².